The Balaban J connectivity index is 0. The number of hydrogen-bond acceptors (Lipinski definition) is 3. The molecule has 1 radical (unpaired) electrons. The molecule has 0 aromatic heterocycles. The van der Waals surface area contributed by atoms with Gasteiger partial charge >= 0.3 is 57.2 Å². The van der Waals surface area contributed by atoms with Gasteiger partial charge in [-0.1, -0.05) is 18.2 Å². The molecule has 0 aliphatic heterocycles. The second kappa shape index (κ2) is 9.22. The number of benzene rings is 1. The third-order valence-electron chi connectivity index (χ3n) is 1.36. The Morgan fingerprint density at radius 3 is 2.50 bits per heavy atom. The van der Waals surface area contributed by atoms with Gasteiger partial charge < -0.3 is 16.8 Å². The minimum Gasteiger partial charge on any atom is -0.545 e. The van der Waals surface area contributed by atoms with Crippen molar-refractivity contribution in [1.82, 2.24) is 0 Å². The zero-order chi connectivity index (χ0) is 8.97. The van der Waals surface area contributed by atoms with Crippen LogP contribution in [0.1, 0.15) is 10.4 Å². The molecule has 14 heavy (non-hydrogen) atoms. The first-order valence-corrected chi connectivity index (χ1v) is 4.46. The van der Waals surface area contributed by atoms with Crippen molar-refractivity contribution in [3.05, 3.63) is 36.8 Å². The van der Waals surface area contributed by atoms with Gasteiger partial charge in [0.25, 0.3) is 0 Å². The van der Waals surface area contributed by atoms with Gasteiger partial charge in [0.2, 0.25) is 0 Å². The molecule has 5 heteroatoms. The summed E-state index contributed by atoms with van der Waals surface area (Å²) in [5.41, 5.74) is 0.242. The largest absolute Gasteiger partial charge is 1.00 e. The SMILES string of the molecule is [CH2-]CSc1ccccc1C(=O)[O-].[Hg+].[Na+]. The Morgan fingerprint density at radius 2 is 2.00 bits per heavy atom. The topological polar surface area (TPSA) is 40.1 Å². The van der Waals surface area contributed by atoms with E-state index in [-0.39, 0.29) is 62.8 Å². The van der Waals surface area contributed by atoms with Crippen LogP contribution in [0.15, 0.2) is 29.2 Å². The van der Waals surface area contributed by atoms with Crippen molar-refractivity contribution in [2.75, 3.05) is 5.75 Å². The third kappa shape index (κ3) is 5.17. The summed E-state index contributed by atoms with van der Waals surface area (Å²) in [7, 11) is 0. The second-order valence-corrected chi connectivity index (χ2v) is 3.27. The molecule has 0 aliphatic rings. The van der Waals surface area contributed by atoms with E-state index >= 15 is 0 Å². The number of carbonyl (C=O) groups excluding carboxylic acids is 1. The molecule has 0 atom stereocenters. The van der Waals surface area contributed by atoms with Crippen molar-refractivity contribution in [3.8, 4) is 0 Å². The molecule has 0 unspecified atom stereocenters. The zero-order valence-electron chi connectivity index (χ0n) is 8.16. The summed E-state index contributed by atoms with van der Waals surface area (Å²) in [5.74, 6) is -0.517. The van der Waals surface area contributed by atoms with Crippen molar-refractivity contribution < 1.29 is 67.1 Å². The van der Waals surface area contributed by atoms with Gasteiger partial charge in [0.05, 0.1) is 5.97 Å². The average molecular weight is 404 g/mol. The Hall–Kier alpha value is 0.975. The quantitative estimate of drug-likeness (QED) is 0.332. The molecule has 0 spiro atoms. The van der Waals surface area contributed by atoms with Crippen LogP contribution in [-0.4, -0.2) is 11.7 Å². The predicted molar refractivity (Wildman–Crippen MR) is 46.9 cm³/mol. The molecule has 2 nitrogen and oxygen atoms in total. The van der Waals surface area contributed by atoms with Crippen LogP contribution in [-0.2, 0) is 27.7 Å². The summed E-state index contributed by atoms with van der Waals surface area (Å²) >= 11 is 1.40. The normalized spacial score (nSPS) is 8.36. The number of rotatable bonds is 3. The van der Waals surface area contributed by atoms with Gasteiger partial charge in [-0.3, -0.25) is 0 Å². The van der Waals surface area contributed by atoms with E-state index < -0.39 is 5.97 Å². The molecule has 1 aromatic carbocycles. The van der Waals surface area contributed by atoms with Crippen LogP contribution < -0.4 is 34.7 Å². The summed E-state index contributed by atoms with van der Waals surface area (Å²) in [5, 5.41) is 10.6. The Bertz CT molecular complexity index is 294. The number of hydrogen-bond donors (Lipinski definition) is 0. The molecule has 0 N–H and O–H groups in total. The van der Waals surface area contributed by atoms with E-state index in [0.717, 1.165) is 0 Å². The van der Waals surface area contributed by atoms with Crippen LogP contribution in [0.2, 0.25) is 0 Å². The summed E-state index contributed by atoms with van der Waals surface area (Å²) < 4.78 is 0. The Labute approximate surface area is 131 Å². The van der Waals surface area contributed by atoms with E-state index in [1.807, 2.05) is 0 Å². The van der Waals surface area contributed by atoms with Gasteiger partial charge in [-0.15, -0.1) is 5.75 Å². The fraction of sp³-hybridized carbons (Fsp3) is 0.111. The zero-order valence-corrected chi connectivity index (χ0v) is 16.5. The van der Waals surface area contributed by atoms with Crippen molar-refractivity contribution in [1.29, 1.82) is 0 Å². The summed E-state index contributed by atoms with van der Waals surface area (Å²) in [4.78, 5) is 11.3. The smallest absolute Gasteiger partial charge is 0.545 e. The van der Waals surface area contributed by atoms with E-state index in [0.29, 0.717) is 10.6 Å². The molecular weight excluding hydrogens is 396 g/mol. The number of carboxylic acid groups (broad SMARTS) is 1. The fourth-order valence-electron chi connectivity index (χ4n) is 0.871. The van der Waals surface area contributed by atoms with Gasteiger partial charge in [-0.2, -0.15) is 11.8 Å². The van der Waals surface area contributed by atoms with E-state index in [9.17, 15) is 9.90 Å². The van der Waals surface area contributed by atoms with Gasteiger partial charge in [0.15, 0.2) is 0 Å². The van der Waals surface area contributed by atoms with Crippen molar-refractivity contribution in [2.24, 2.45) is 0 Å². The fourth-order valence-corrected chi connectivity index (χ4v) is 1.57. The molecular formula is C9H8HgNaO2S. The van der Waals surface area contributed by atoms with E-state index in [1.54, 1.807) is 18.2 Å². The molecule has 0 heterocycles. The monoisotopic (exact) mass is 405 g/mol. The van der Waals surface area contributed by atoms with Crippen molar-refractivity contribution >= 4 is 17.7 Å². The van der Waals surface area contributed by atoms with Crippen LogP contribution in [0.5, 0.6) is 0 Å². The van der Waals surface area contributed by atoms with Crippen LogP contribution in [0.25, 0.3) is 0 Å². The molecule has 0 amide bonds. The molecule has 0 bridgehead atoms. The maximum Gasteiger partial charge on any atom is 1.00 e. The molecule has 0 aliphatic carbocycles. The molecule has 1 aromatic rings. The van der Waals surface area contributed by atoms with E-state index in [1.165, 1.54) is 17.8 Å². The van der Waals surface area contributed by atoms with E-state index in [2.05, 4.69) is 6.92 Å². The number of thioether (sulfide) groups is 1. The molecule has 0 fully saturated rings. The van der Waals surface area contributed by atoms with Gasteiger partial charge in [-0.25, -0.2) is 0 Å². The minimum atomic E-state index is -1.13. The number of aromatic carboxylic acids is 1. The first-order chi connectivity index (χ1) is 5.75. The molecule has 0 saturated heterocycles. The number of carboxylic acids is 1. The minimum absolute atomic E-state index is 0. The van der Waals surface area contributed by atoms with E-state index in [4.69, 9.17) is 0 Å². The van der Waals surface area contributed by atoms with Crippen LogP contribution in [0.4, 0.5) is 0 Å². The average Bonchev–Trinajstić information content (AvgIpc) is 2.05. The predicted octanol–water partition coefficient (Wildman–Crippen LogP) is -2.02. The summed E-state index contributed by atoms with van der Waals surface area (Å²) in [6.07, 6.45) is 0. The van der Waals surface area contributed by atoms with Gasteiger partial charge in [0.1, 0.15) is 0 Å². The third-order valence-corrected chi connectivity index (χ3v) is 2.24. The molecule has 1 rings (SSSR count). The first-order valence-electron chi connectivity index (χ1n) is 3.48. The van der Waals surface area contributed by atoms with Gasteiger partial charge in [0, 0.05) is 10.5 Å². The first kappa shape index (κ1) is 17.4. The summed E-state index contributed by atoms with van der Waals surface area (Å²) in [6, 6.07) is 6.76. The Kier molecular flexibility index (Phi) is 11.4. The van der Waals surface area contributed by atoms with Crippen LogP contribution in [0, 0.1) is 6.92 Å². The molecule has 65 valence electrons. The standard InChI is InChI=1S/C9H9O2S.Hg.Na/c1-2-12-8-6-4-3-5-7(8)9(10)11;;/h3-6H,1-2H2,(H,10,11);;/q-1;2*+1/p-1. The summed E-state index contributed by atoms with van der Waals surface area (Å²) in [6.45, 7) is 3.63. The number of carbonyl (C=O) groups is 1. The maximum absolute atomic E-state index is 10.6. The van der Waals surface area contributed by atoms with Crippen molar-refractivity contribution in [3.63, 3.8) is 0 Å². The maximum atomic E-state index is 10.6. The Morgan fingerprint density at radius 1 is 1.43 bits per heavy atom. The van der Waals surface area contributed by atoms with Crippen LogP contribution >= 0.6 is 11.8 Å². The van der Waals surface area contributed by atoms with Gasteiger partial charge in [-0.05, 0) is 6.07 Å². The second-order valence-electron chi connectivity index (χ2n) is 2.13. The molecule has 0 saturated carbocycles. The van der Waals surface area contributed by atoms with Crippen LogP contribution in [0.3, 0.4) is 0 Å². The van der Waals surface area contributed by atoms with Crippen molar-refractivity contribution in [2.45, 2.75) is 4.90 Å².